The largest absolute Gasteiger partial charge is 0.424 e. The molecular weight excluding hydrogens is 324 g/mol. The summed E-state index contributed by atoms with van der Waals surface area (Å²) >= 11 is 0. The number of benzene rings is 4. The van der Waals surface area contributed by atoms with Crippen molar-refractivity contribution < 1.29 is 8.85 Å². The zero-order chi connectivity index (χ0) is 17.2. The first-order chi connectivity index (χ1) is 12.3. The minimum absolute atomic E-state index is 0.670. The third kappa shape index (κ3) is 3.06. The van der Waals surface area contributed by atoms with Crippen LogP contribution in [-0.4, -0.2) is 22.5 Å². The first-order valence-corrected chi connectivity index (χ1v) is 10.1. The molecule has 125 valence electrons. The Kier molecular flexibility index (Phi) is 4.53. The summed E-state index contributed by atoms with van der Waals surface area (Å²) in [6.07, 6.45) is 0. The molecule has 2 nitrogen and oxygen atoms in total. The van der Waals surface area contributed by atoms with Gasteiger partial charge in [-0.15, -0.1) is 0 Å². The fourth-order valence-electron chi connectivity index (χ4n) is 3.36. The van der Waals surface area contributed by atoms with Gasteiger partial charge >= 0.3 is 9.28 Å². The van der Waals surface area contributed by atoms with Crippen LogP contribution in [0.4, 0.5) is 0 Å². The molecule has 0 fully saturated rings. The Labute approximate surface area is 149 Å². The molecule has 3 heteroatoms. The Balaban J connectivity index is 1.96. The minimum atomic E-state index is -1.46. The van der Waals surface area contributed by atoms with Gasteiger partial charge in [0.15, 0.2) is 0 Å². The fraction of sp³-hybridized carbons (Fsp3) is 0.182. The third-order valence-electron chi connectivity index (χ3n) is 4.47. The van der Waals surface area contributed by atoms with Crippen molar-refractivity contribution in [2.24, 2.45) is 0 Å². The van der Waals surface area contributed by atoms with Crippen molar-refractivity contribution in [3.05, 3.63) is 66.7 Å². The van der Waals surface area contributed by atoms with Crippen molar-refractivity contribution in [2.45, 2.75) is 13.8 Å². The molecule has 4 aromatic carbocycles. The average molecular weight is 345 g/mol. The lowest BCUT2D eigenvalue weighted by Crippen LogP contribution is -2.37. The second-order valence-corrected chi connectivity index (χ2v) is 7.77. The van der Waals surface area contributed by atoms with E-state index in [1.54, 1.807) is 0 Å². The molecular formula is C22H21O2Si. The van der Waals surface area contributed by atoms with Gasteiger partial charge in [0, 0.05) is 18.4 Å². The van der Waals surface area contributed by atoms with Gasteiger partial charge in [0.1, 0.15) is 0 Å². The van der Waals surface area contributed by atoms with Crippen LogP contribution in [0.2, 0.25) is 0 Å². The molecule has 0 amide bonds. The normalized spacial score (nSPS) is 11.8. The molecule has 0 N–H and O–H groups in total. The van der Waals surface area contributed by atoms with Crippen LogP contribution in [0.1, 0.15) is 13.8 Å². The van der Waals surface area contributed by atoms with Gasteiger partial charge in [-0.1, -0.05) is 42.5 Å². The standard InChI is InChI=1S/C22H21O2Si/c1-3-23-25(24-4-2)22-11-7-10-18-14-19-12-16-8-5-6-9-17(16)13-20(19)15-21(18)22/h5-15H,3-4H2,1-2H3. The van der Waals surface area contributed by atoms with E-state index in [0.717, 1.165) is 0 Å². The van der Waals surface area contributed by atoms with Gasteiger partial charge in [-0.05, 0) is 70.4 Å². The summed E-state index contributed by atoms with van der Waals surface area (Å²) in [5.74, 6) is 0. The average Bonchev–Trinajstić information content (AvgIpc) is 2.64. The van der Waals surface area contributed by atoms with E-state index in [2.05, 4.69) is 66.7 Å². The van der Waals surface area contributed by atoms with Crippen LogP contribution in [-0.2, 0) is 8.85 Å². The van der Waals surface area contributed by atoms with Crippen LogP contribution in [0.15, 0.2) is 66.7 Å². The Bertz CT molecular complexity index is 1040. The first kappa shape index (κ1) is 16.3. The zero-order valence-corrected chi connectivity index (χ0v) is 15.6. The van der Waals surface area contributed by atoms with Gasteiger partial charge in [0.2, 0.25) is 0 Å². The lowest BCUT2D eigenvalue weighted by atomic mass is 10.00. The maximum Gasteiger partial charge on any atom is 0.424 e. The van der Waals surface area contributed by atoms with E-state index in [1.807, 2.05) is 13.8 Å². The summed E-state index contributed by atoms with van der Waals surface area (Å²) in [4.78, 5) is 0. The molecule has 0 spiro atoms. The second kappa shape index (κ2) is 6.96. The van der Waals surface area contributed by atoms with Gasteiger partial charge in [-0.2, -0.15) is 0 Å². The molecule has 1 radical (unpaired) electrons. The number of fused-ring (bicyclic) bond motifs is 3. The van der Waals surface area contributed by atoms with E-state index in [1.165, 1.54) is 37.5 Å². The van der Waals surface area contributed by atoms with E-state index < -0.39 is 9.28 Å². The number of hydrogen-bond acceptors (Lipinski definition) is 2. The van der Waals surface area contributed by atoms with E-state index in [-0.39, 0.29) is 0 Å². The van der Waals surface area contributed by atoms with Gasteiger partial charge in [-0.3, -0.25) is 0 Å². The van der Waals surface area contributed by atoms with Crippen LogP contribution < -0.4 is 5.19 Å². The molecule has 0 saturated carbocycles. The summed E-state index contributed by atoms with van der Waals surface area (Å²) in [6, 6.07) is 24.0. The minimum Gasteiger partial charge on any atom is -0.390 e. The van der Waals surface area contributed by atoms with E-state index >= 15 is 0 Å². The molecule has 0 unspecified atom stereocenters. The molecule has 0 heterocycles. The molecule has 0 aromatic heterocycles. The molecule has 4 rings (SSSR count). The Morgan fingerprint density at radius 2 is 1.20 bits per heavy atom. The Morgan fingerprint density at radius 3 is 1.84 bits per heavy atom. The van der Waals surface area contributed by atoms with Gasteiger partial charge in [0.05, 0.1) is 0 Å². The van der Waals surface area contributed by atoms with Crippen LogP contribution in [0.25, 0.3) is 32.3 Å². The predicted octanol–water partition coefficient (Wildman–Crippen LogP) is 4.91. The Hall–Kier alpha value is -2.20. The Morgan fingerprint density at radius 1 is 0.640 bits per heavy atom. The zero-order valence-electron chi connectivity index (χ0n) is 14.6. The van der Waals surface area contributed by atoms with Crippen molar-refractivity contribution in [3.63, 3.8) is 0 Å². The van der Waals surface area contributed by atoms with Crippen molar-refractivity contribution in [2.75, 3.05) is 13.2 Å². The first-order valence-electron chi connectivity index (χ1n) is 8.78. The van der Waals surface area contributed by atoms with Crippen LogP contribution in [0.5, 0.6) is 0 Å². The quantitative estimate of drug-likeness (QED) is 0.378. The third-order valence-corrected chi connectivity index (χ3v) is 6.45. The van der Waals surface area contributed by atoms with E-state index in [0.29, 0.717) is 13.2 Å². The lowest BCUT2D eigenvalue weighted by Gasteiger charge is -2.16. The highest BCUT2D eigenvalue weighted by molar-refractivity contribution is 6.64. The van der Waals surface area contributed by atoms with Crippen LogP contribution in [0, 0.1) is 0 Å². The molecule has 25 heavy (non-hydrogen) atoms. The summed E-state index contributed by atoms with van der Waals surface area (Å²) in [6.45, 7) is 5.39. The van der Waals surface area contributed by atoms with Crippen molar-refractivity contribution in [3.8, 4) is 0 Å². The maximum atomic E-state index is 5.94. The molecule has 0 saturated heterocycles. The number of hydrogen-bond donors (Lipinski definition) is 0. The van der Waals surface area contributed by atoms with Gasteiger partial charge < -0.3 is 8.85 Å². The highest BCUT2D eigenvalue weighted by atomic mass is 28.3. The predicted molar refractivity (Wildman–Crippen MR) is 108 cm³/mol. The highest BCUT2D eigenvalue weighted by Crippen LogP contribution is 2.27. The molecule has 0 aliphatic carbocycles. The maximum absolute atomic E-state index is 5.94. The van der Waals surface area contributed by atoms with Gasteiger partial charge in [0.25, 0.3) is 0 Å². The summed E-state index contributed by atoms with van der Waals surface area (Å²) in [5.41, 5.74) is 0. The van der Waals surface area contributed by atoms with Crippen LogP contribution in [0.3, 0.4) is 0 Å². The molecule has 4 aromatic rings. The van der Waals surface area contributed by atoms with Crippen molar-refractivity contribution >= 4 is 46.8 Å². The smallest absolute Gasteiger partial charge is 0.390 e. The highest BCUT2D eigenvalue weighted by Gasteiger charge is 2.20. The van der Waals surface area contributed by atoms with E-state index in [9.17, 15) is 0 Å². The summed E-state index contributed by atoms with van der Waals surface area (Å²) < 4.78 is 11.9. The second-order valence-electron chi connectivity index (χ2n) is 6.08. The van der Waals surface area contributed by atoms with Crippen molar-refractivity contribution in [1.82, 2.24) is 0 Å². The van der Waals surface area contributed by atoms with E-state index in [4.69, 9.17) is 8.85 Å². The fourth-order valence-corrected chi connectivity index (χ4v) is 4.94. The molecule has 0 aliphatic heterocycles. The van der Waals surface area contributed by atoms with Gasteiger partial charge in [-0.25, -0.2) is 0 Å². The summed E-state index contributed by atoms with van der Waals surface area (Å²) in [7, 11) is -1.46. The lowest BCUT2D eigenvalue weighted by molar-refractivity contribution is 0.225. The number of rotatable bonds is 5. The van der Waals surface area contributed by atoms with Crippen LogP contribution >= 0.6 is 0 Å². The molecule has 0 bridgehead atoms. The van der Waals surface area contributed by atoms with Crippen molar-refractivity contribution in [1.29, 1.82) is 0 Å². The molecule has 0 aliphatic rings. The molecule has 0 atom stereocenters. The topological polar surface area (TPSA) is 18.5 Å². The SMILES string of the molecule is CCO[Si](OCC)c1cccc2cc3cc4ccccc4cc3cc12. The monoisotopic (exact) mass is 345 g/mol. The summed E-state index contributed by atoms with van der Waals surface area (Å²) in [5, 5.41) is 8.74.